The quantitative estimate of drug-likeness (QED) is 0.228. The van der Waals surface area contributed by atoms with Crippen molar-refractivity contribution in [3.8, 4) is 17.1 Å². The van der Waals surface area contributed by atoms with Crippen molar-refractivity contribution in [2.75, 3.05) is 36.7 Å². The molecule has 4 N–H and O–H groups in total. The summed E-state index contributed by atoms with van der Waals surface area (Å²) in [5.41, 5.74) is 8.25. The first-order valence-corrected chi connectivity index (χ1v) is 13.2. The van der Waals surface area contributed by atoms with E-state index >= 15 is 0 Å². The van der Waals surface area contributed by atoms with Crippen molar-refractivity contribution in [2.45, 2.75) is 38.0 Å². The highest BCUT2D eigenvalue weighted by Crippen LogP contribution is 2.28. The molecule has 3 atom stereocenters. The molecule has 0 saturated heterocycles. The smallest absolute Gasteiger partial charge is 0.328 e. The van der Waals surface area contributed by atoms with Crippen molar-refractivity contribution in [3.05, 3.63) is 42.5 Å². The molecule has 34 heavy (non-hydrogen) atoms. The van der Waals surface area contributed by atoms with Gasteiger partial charge in [-0.2, -0.15) is 24.4 Å². The Labute approximate surface area is 211 Å². The average Bonchev–Trinajstić information content (AvgIpc) is 2.88. The van der Waals surface area contributed by atoms with Crippen LogP contribution in [-0.4, -0.2) is 66.5 Å². The highest BCUT2D eigenvalue weighted by atomic mass is 32.2. The maximum Gasteiger partial charge on any atom is 0.328 e. The Morgan fingerprint density at radius 2 is 1.94 bits per heavy atom. The lowest BCUT2D eigenvalue weighted by molar-refractivity contribution is -0.146. The number of esters is 1. The number of ether oxygens (including phenoxy) is 2. The van der Waals surface area contributed by atoms with Crippen molar-refractivity contribution < 1.29 is 19.1 Å². The summed E-state index contributed by atoms with van der Waals surface area (Å²) in [5.74, 6) is 0.628. The zero-order valence-corrected chi connectivity index (χ0v) is 21.5. The van der Waals surface area contributed by atoms with Crippen LogP contribution in [0, 0.1) is 0 Å². The van der Waals surface area contributed by atoms with Gasteiger partial charge in [0.1, 0.15) is 6.04 Å². The molecule has 2 rings (SSSR count). The summed E-state index contributed by atoms with van der Waals surface area (Å²) in [6.45, 7) is 2.30. The molecule has 0 radical (unpaired) electrons. The number of nitrogens with two attached hydrogens (primary N) is 1. The minimum Gasteiger partial charge on any atom is -0.467 e. The number of benzene rings is 1. The van der Waals surface area contributed by atoms with Crippen molar-refractivity contribution in [1.29, 1.82) is 0 Å². The number of aromatic nitrogens is 1. The number of carbonyl (C=O) groups is 2. The number of methoxy groups -OCH3 is 1. The van der Waals surface area contributed by atoms with E-state index in [1.54, 1.807) is 11.8 Å². The number of anilines is 1. The summed E-state index contributed by atoms with van der Waals surface area (Å²) < 4.78 is 10.9. The van der Waals surface area contributed by atoms with Crippen LogP contribution in [0.4, 0.5) is 5.69 Å². The van der Waals surface area contributed by atoms with Gasteiger partial charge < -0.3 is 25.8 Å². The minimum absolute atomic E-state index is 0.160. The summed E-state index contributed by atoms with van der Waals surface area (Å²) in [4.78, 5) is 29.8. The van der Waals surface area contributed by atoms with Gasteiger partial charge in [0.2, 0.25) is 5.88 Å². The number of amides is 1. The van der Waals surface area contributed by atoms with Gasteiger partial charge in [0.05, 0.1) is 18.5 Å². The standard InChI is InChI=1S/C24H34N4O4S2/c1-4-21(22(29)27-20(12-13-34-3)24(30)31-2)32-23-19(26-14-17(25)15-33)11-10-18(28-23)16-8-6-5-7-9-16/h5-11,17,20-21,26,33H,4,12-15,25H2,1-3H3,(H,27,29)/t17?,20-,21?/m0/s1. The van der Waals surface area contributed by atoms with Crippen LogP contribution in [0.25, 0.3) is 11.3 Å². The molecular formula is C24H34N4O4S2. The maximum absolute atomic E-state index is 13.0. The maximum atomic E-state index is 13.0. The lowest BCUT2D eigenvalue weighted by Gasteiger charge is -2.23. The van der Waals surface area contributed by atoms with Crippen molar-refractivity contribution >= 4 is 42.0 Å². The van der Waals surface area contributed by atoms with Gasteiger partial charge in [-0.15, -0.1) is 0 Å². The molecule has 1 heterocycles. The number of nitrogens with one attached hydrogen (secondary N) is 2. The molecule has 10 heteroatoms. The third-order valence-corrected chi connectivity index (χ3v) is 6.16. The SMILES string of the molecule is CCC(Oc1nc(-c2ccccc2)ccc1NCC(N)CS)C(=O)N[C@@H](CCSC)C(=O)OC. The molecule has 2 aromatic rings. The number of thiol groups is 1. The average molecular weight is 507 g/mol. The van der Waals surface area contributed by atoms with E-state index < -0.39 is 24.0 Å². The second-order valence-corrected chi connectivity index (χ2v) is 8.97. The van der Waals surface area contributed by atoms with E-state index in [0.717, 1.165) is 5.56 Å². The van der Waals surface area contributed by atoms with Gasteiger partial charge in [-0.3, -0.25) is 4.79 Å². The van der Waals surface area contributed by atoms with Gasteiger partial charge in [-0.25, -0.2) is 9.78 Å². The van der Waals surface area contributed by atoms with Crippen molar-refractivity contribution in [2.24, 2.45) is 5.73 Å². The molecule has 1 aromatic heterocycles. The molecular weight excluding hydrogens is 472 g/mol. The summed E-state index contributed by atoms with van der Waals surface area (Å²) in [6, 6.07) is 12.5. The van der Waals surface area contributed by atoms with E-state index in [-0.39, 0.29) is 11.9 Å². The van der Waals surface area contributed by atoms with Gasteiger partial charge in [0, 0.05) is 23.9 Å². The van der Waals surface area contributed by atoms with Gasteiger partial charge in [0.15, 0.2) is 6.10 Å². The number of hydrogen-bond donors (Lipinski definition) is 4. The van der Waals surface area contributed by atoms with E-state index in [0.29, 0.717) is 42.3 Å². The third-order valence-electron chi connectivity index (χ3n) is 5.05. The van der Waals surface area contributed by atoms with Crippen molar-refractivity contribution in [3.63, 3.8) is 0 Å². The Hall–Kier alpha value is -2.43. The molecule has 0 saturated carbocycles. The van der Waals surface area contributed by atoms with E-state index in [4.69, 9.17) is 15.2 Å². The Morgan fingerprint density at radius 1 is 1.21 bits per heavy atom. The summed E-state index contributed by atoms with van der Waals surface area (Å²) >= 11 is 5.81. The van der Waals surface area contributed by atoms with Gasteiger partial charge >= 0.3 is 5.97 Å². The first-order chi connectivity index (χ1) is 16.4. The van der Waals surface area contributed by atoms with E-state index in [1.807, 2.05) is 55.6 Å². The highest BCUT2D eigenvalue weighted by molar-refractivity contribution is 7.98. The number of hydrogen-bond acceptors (Lipinski definition) is 9. The van der Waals surface area contributed by atoms with Crippen LogP contribution in [0.3, 0.4) is 0 Å². The Morgan fingerprint density at radius 3 is 2.56 bits per heavy atom. The van der Waals surface area contributed by atoms with Crippen LogP contribution in [0.15, 0.2) is 42.5 Å². The normalized spacial score (nSPS) is 13.4. The molecule has 186 valence electrons. The Balaban J connectivity index is 2.27. The molecule has 1 amide bonds. The predicted molar refractivity (Wildman–Crippen MR) is 142 cm³/mol. The molecule has 0 fully saturated rings. The molecule has 2 unspecified atom stereocenters. The van der Waals surface area contributed by atoms with Crippen LogP contribution >= 0.6 is 24.4 Å². The number of pyridine rings is 1. The zero-order valence-electron chi connectivity index (χ0n) is 19.8. The summed E-state index contributed by atoms with van der Waals surface area (Å²) in [7, 11) is 1.31. The minimum atomic E-state index is -0.848. The monoisotopic (exact) mass is 506 g/mol. The lowest BCUT2D eigenvalue weighted by atomic mass is 10.1. The van der Waals surface area contributed by atoms with Crippen LogP contribution in [0.1, 0.15) is 19.8 Å². The zero-order chi connectivity index (χ0) is 24.9. The molecule has 0 aliphatic rings. The number of nitrogens with zero attached hydrogens (tertiary/aromatic N) is 1. The van der Waals surface area contributed by atoms with Crippen molar-refractivity contribution in [1.82, 2.24) is 10.3 Å². The van der Waals surface area contributed by atoms with Crippen LogP contribution in [-0.2, 0) is 14.3 Å². The molecule has 8 nitrogen and oxygen atoms in total. The molecule has 0 bridgehead atoms. The number of thioether (sulfide) groups is 1. The number of carbonyl (C=O) groups excluding carboxylic acids is 2. The second-order valence-electron chi connectivity index (χ2n) is 7.62. The van der Waals surface area contributed by atoms with Gasteiger partial charge in [-0.05, 0) is 37.0 Å². The summed E-state index contributed by atoms with van der Waals surface area (Å²) in [6.07, 6.45) is 1.94. The van der Waals surface area contributed by atoms with Gasteiger partial charge in [0.25, 0.3) is 5.91 Å². The first kappa shape index (κ1) is 27.8. The Kier molecular flexibility index (Phi) is 12.1. The first-order valence-electron chi connectivity index (χ1n) is 11.1. The summed E-state index contributed by atoms with van der Waals surface area (Å²) in [5, 5.41) is 6.01. The van der Waals surface area contributed by atoms with Crippen LogP contribution in [0.2, 0.25) is 0 Å². The fourth-order valence-corrected chi connectivity index (χ4v) is 3.69. The fourth-order valence-electron chi connectivity index (χ4n) is 3.09. The highest BCUT2D eigenvalue weighted by Gasteiger charge is 2.27. The lowest BCUT2D eigenvalue weighted by Crippen LogP contribution is -2.47. The van der Waals surface area contributed by atoms with E-state index in [2.05, 4.69) is 28.2 Å². The van der Waals surface area contributed by atoms with Gasteiger partial charge in [-0.1, -0.05) is 37.3 Å². The van der Waals surface area contributed by atoms with Crippen LogP contribution in [0.5, 0.6) is 5.88 Å². The fraction of sp³-hybridized carbons (Fsp3) is 0.458. The Bertz CT molecular complexity index is 917. The largest absolute Gasteiger partial charge is 0.467 e. The molecule has 1 aromatic carbocycles. The van der Waals surface area contributed by atoms with E-state index in [1.165, 1.54) is 7.11 Å². The van der Waals surface area contributed by atoms with E-state index in [9.17, 15) is 9.59 Å². The second kappa shape index (κ2) is 14.7. The molecule has 0 spiro atoms. The topological polar surface area (TPSA) is 116 Å². The van der Waals surface area contributed by atoms with Crippen LogP contribution < -0.4 is 21.1 Å². The number of rotatable bonds is 14. The molecule has 0 aliphatic heterocycles. The third kappa shape index (κ3) is 8.41. The predicted octanol–water partition coefficient (Wildman–Crippen LogP) is 2.99. The molecule has 0 aliphatic carbocycles.